The lowest BCUT2D eigenvalue weighted by atomic mass is 10.2. The molecule has 0 fully saturated rings. The Morgan fingerprint density at radius 1 is 1.30 bits per heavy atom. The maximum absolute atomic E-state index is 12.4. The van der Waals surface area contributed by atoms with Crippen LogP contribution in [0.4, 0.5) is 13.2 Å². The first-order valence-corrected chi connectivity index (χ1v) is 5.46. The molecular formula is C12H12F3NO4. The SMILES string of the molecule is COC(=O)CNC(=O)COc1cccc(C(F)(F)F)c1. The number of rotatable bonds is 5. The summed E-state index contributed by atoms with van der Waals surface area (Å²) < 4.78 is 46.5. The van der Waals surface area contributed by atoms with Crippen molar-refractivity contribution in [2.45, 2.75) is 6.18 Å². The van der Waals surface area contributed by atoms with Gasteiger partial charge in [0.15, 0.2) is 6.61 Å². The number of benzene rings is 1. The fourth-order valence-corrected chi connectivity index (χ4v) is 1.21. The van der Waals surface area contributed by atoms with Crippen LogP contribution >= 0.6 is 0 Å². The Morgan fingerprint density at radius 2 is 2.00 bits per heavy atom. The van der Waals surface area contributed by atoms with Gasteiger partial charge in [0, 0.05) is 0 Å². The van der Waals surface area contributed by atoms with Gasteiger partial charge in [0.2, 0.25) is 0 Å². The number of ether oxygens (including phenoxy) is 2. The van der Waals surface area contributed by atoms with E-state index in [1.54, 1.807) is 0 Å². The second-order valence-electron chi connectivity index (χ2n) is 3.67. The molecule has 0 aliphatic rings. The molecule has 0 aromatic heterocycles. The highest BCUT2D eigenvalue weighted by Crippen LogP contribution is 2.31. The first kappa shape index (κ1) is 15.8. The smallest absolute Gasteiger partial charge is 0.416 e. The normalized spacial score (nSPS) is 10.8. The molecule has 0 radical (unpaired) electrons. The number of halogens is 3. The molecule has 5 nitrogen and oxygen atoms in total. The van der Waals surface area contributed by atoms with E-state index in [1.165, 1.54) is 12.1 Å². The van der Waals surface area contributed by atoms with Crippen LogP contribution in [0.2, 0.25) is 0 Å². The van der Waals surface area contributed by atoms with Gasteiger partial charge >= 0.3 is 12.1 Å². The van der Waals surface area contributed by atoms with E-state index < -0.39 is 30.2 Å². The molecule has 1 rings (SSSR count). The molecule has 0 saturated heterocycles. The molecule has 0 aliphatic heterocycles. The number of nitrogens with one attached hydrogen (secondary N) is 1. The van der Waals surface area contributed by atoms with E-state index >= 15 is 0 Å². The highest BCUT2D eigenvalue weighted by molar-refractivity contribution is 5.82. The lowest BCUT2D eigenvalue weighted by Crippen LogP contribution is -2.33. The molecular weight excluding hydrogens is 279 g/mol. The lowest BCUT2D eigenvalue weighted by molar-refractivity contribution is -0.141. The summed E-state index contributed by atoms with van der Waals surface area (Å²) in [5.74, 6) is -1.38. The Hall–Kier alpha value is -2.25. The Labute approximate surface area is 112 Å². The van der Waals surface area contributed by atoms with Crippen molar-refractivity contribution in [3.8, 4) is 5.75 Å². The summed E-state index contributed by atoms with van der Waals surface area (Å²) in [6.45, 7) is -0.834. The van der Waals surface area contributed by atoms with Crippen LogP contribution in [0.1, 0.15) is 5.56 Å². The minimum Gasteiger partial charge on any atom is -0.484 e. The Balaban J connectivity index is 2.50. The molecule has 0 aliphatic carbocycles. The van der Waals surface area contributed by atoms with E-state index in [-0.39, 0.29) is 12.3 Å². The van der Waals surface area contributed by atoms with Gasteiger partial charge in [0.25, 0.3) is 5.91 Å². The monoisotopic (exact) mass is 291 g/mol. The van der Waals surface area contributed by atoms with Crippen molar-refractivity contribution < 1.29 is 32.2 Å². The molecule has 1 aromatic carbocycles. The standard InChI is InChI=1S/C12H12F3NO4/c1-19-11(18)6-16-10(17)7-20-9-4-2-3-8(5-9)12(13,14)15/h2-5H,6-7H2,1H3,(H,16,17). The van der Waals surface area contributed by atoms with E-state index in [0.29, 0.717) is 0 Å². The third-order valence-electron chi connectivity index (χ3n) is 2.19. The summed E-state index contributed by atoms with van der Waals surface area (Å²) in [4.78, 5) is 22.0. The van der Waals surface area contributed by atoms with Crippen LogP contribution in [0.3, 0.4) is 0 Å². The van der Waals surface area contributed by atoms with Crippen molar-refractivity contribution in [2.75, 3.05) is 20.3 Å². The van der Waals surface area contributed by atoms with E-state index in [1.807, 2.05) is 0 Å². The predicted octanol–water partition coefficient (Wildman–Crippen LogP) is 1.37. The molecule has 8 heteroatoms. The Bertz CT molecular complexity index is 488. The number of amides is 1. The second kappa shape index (κ2) is 6.78. The minimum atomic E-state index is -4.48. The van der Waals surface area contributed by atoms with Crippen LogP contribution in [0.25, 0.3) is 0 Å². The predicted molar refractivity (Wildman–Crippen MR) is 62.0 cm³/mol. The van der Waals surface area contributed by atoms with Crippen LogP contribution in [-0.4, -0.2) is 32.1 Å². The molecule has 0 spiro atoms. The largest absolute Gasteiger partial charge is 0.484 e. The first-order valence-electron chi connectivity index (χ1n) is 5.46. The molecule has 0 saturated carbocycles. The highest BCUT2D eigenvalue weighted by Gasteiger charge is 2.30. The van der Waals surface area contributed by atoms with E-state index in [4.69, 9.17) is 4.74 Å². The first-order chi connectivity index (χ1) is 9.32. The molecule has 0 bridgehead atoms. The number of methoxy groups -OCH3 is 1. The third kappa shape index (κ3) is 5.17. The number of hydrogen-bond donors (Lipinski definition) is 1. The number of carbonyl (C=O) groups excluding carboxylic acids is 2. The fourth-order valence-electron chi connectivity index (χ4n) is 1.21. The van der Waals surface area contributed by atoms with Crippen LogP contribution in [0.5, 0.6) is 5.75 Å². The molecule has 0 heterocycles. The molecule has 1 aromatic rings. The van der Waals surface area contributed by atoms with Crippen molar-refractivity contribution in [1.82, 2.24) is 5.32 Å². The zero-order valence-electron chi connectivity index (χ0n) is 10.5. The zero-order valence-corrected chi connectivity index (χ0v) is 10.5. The topological polar surface area (TPSA) is 64.6 Å². The van der Waals surface area contributed by atoms with Gasteiger partial charge in [-0.25, -0.2) is 0 Å². The summed E-state index contributed by atoms with van der Waals surface area (Å²) in [6.07, 6.45) is -4.48. The summed E-state index contributed by atoms with van der Waals surface area (Å²) in [5.41, 5.74) is -0.870. The van der Waals surface area contributed by atoms with Gasteiger partial charge in [-0.3, -0.25) is 9.59 Å². The molecule has 0 unspecified atom stereocenters. The van der Waals surface area contributed by atoms with Crippen molar-refractivity contribution >= 4 is 11.9 Å². The molecule has 0 atom stereocenters. The number of esters is 1. The summed E-state index contributed by atoms with van der Waals surface area (Å²) in [5, 5.41) is 2.19. The number of alkyl halides is 3. The van der Waals surface area contributed by atoms with E-state index in [9.17, 15) is 22.8 Å². The molecule has 1 N–H and O–H groups in total. The molecule has 110 valence electrons. The van der Waals surface area contributed by atoms with E-state index in [2.05, 4.69) is 10.1 Å². The molecule has 20 heavy (non-hydrogen) atoms. The maximum Gasteiger partial charge on any atom is 0.416 e. The van der Waals surface area contributed by atoms with Gasteiger partial charge in [-0.2, -0.15) is 13.2 Å². The van der Waals surface area contributed by atoms with Gasteiger partial charge in [-0.15, -0.1) is 0 Å². The van der Waals surface area contributed by atoms with Gasteiger partial charge in [-0.1, -0.05) is 6.07 Å². The zero-order chi connectivity index (χ0) is 15.2. The highest BCUT2D eigenvalue weighted by atomic mass is 19.4. The van der Waals surface area contributed by atoms with Crippen molar-refractivity contribution in [3.63, 3.8) is 0 Å². The number of hydrogen-bond acceptors (Lipinski definition) is 4. The Kier molecular flexibility index (Phi) is 5.36. The van der Waals surface area contributed by atoms with Gasteiger partial charge in [0.1, 0.15) is 12.3 Å². The van der Waals surface area contributed by atoms with E-state index in [0.717, 1.165) is 19.2 Å². The molecule has 1 amide bonds. The van der Waals surface area contributed by atoms with Crippen LogP contribution in [0, 0.1) is 0 Å². The van der Waals surface area contributed by atoms with Crippen LogP contribution in [-0.2, 0) is 20.5 Å². The average Bonchev–Trinajstić information content (AvgIpc) is 2.41. The third-order valence-corrected chi connectivity index (χ3v) is 2.19. The lowest BCUT2D eigenvalue weighted by Gasteiger charge is -2.10. The Morgan fingerprint density at radius 3 is 2.60 bits per heavy atom. The van der Waals surface area contributed by atoms with Gasteiger partial charge in [-0.05, 0) is 18.2 Å². The van der Waals surface area contributed by atoms with Crippen LogP contribution < -0.4 is 10.1 Å². The summed E-state index contributed by atoms with van der Waals surface area (Å²) >= 11 is 0. The fraction of sp³-hybridized carbons (Fsp3) is 0.333. The van der Waals surface area contributed by atoms with Gasteiger partial charge in [0.05, 0.1) is 12.7 Å². The maximum atomic E-state index is 12.4. The second-order valence-corrected chi connectivity index (χ2v) is 3.67. The van der Waals surface area contributed by atoms with Crippen molar-refractivity contribution in [1.29, 1.82) is 0 Å². The van der Waals surface area contributed by atoms with Crippen molar-refractivity contribution in [2.24, 2.45) is 0 Å². The van der Waals surface area contributed by atoms with Crippen molar-refractivity contribution in [3.05, 3.63) is 29.8 Å². The summed E-state index contributed by atoms with van der Waals surface area (Å²) in [6, 6.07) is 4.14. The summed E-state index contributed by atoms with van der Waals surface area (Å²) in [7, 11) is 1.16. The number of carbonyl (C=O) groups is 2. The van der Waals surface area contributed by atoms with Gasteiger partial charge < -0.3 is 14.8 Å². The minimum absolute atomic E-state index is 0.0898. The average molecular weight is 291 g/mol. The quantitative estimate of drug-likeness (QED) is 0.832. The van der Waals surface area contributed by atoms with Crippen LogP contribution in [0.15, 0.2) is 24.3 Å².